The van der Waals surface area contributed by atoms with Crippen molar-refractivity contribution in [3.8, 4) is 0 Å². The standard InChI is InChI=1S/C10H16N2O2/c1-8-4-11-3-2-9(8)5-12-6-10(14)7-13/h2-4,10,12-14H,5-7H2,1H3. The van der Waals surface area contributed by atoms with Gasteiger partial charge in [0, 0.05) is 25.5 Å². The number of aliphatic hydroxyl groups excluding tert-OH is 2. The molecule has 4 heteroatoms. The molecule has 0 saturated carbocycles. The lowest BCUT2D eigenvalue weighted by atomic mass is 10.1. The van der Waals surface area contributed by atoms with Crippen molar-refractivity contribution in [1.82, 2.24) is 10.3 Å². The first-order chi connectivity index (χ1) is 6.74. The van der Waals surface area contributed by atoms with Crippen LogP contribution in [0.5, 0.6) is 0 Å². The summed E-state index contributed by atoms with van der Waals surface area (Å²) in [4.78, 5) is 3.99. The maximum absolute atomic E-state index is 9.08. The van der Waals surface area contributed by atoms with Crippen molar-refractivity contribution in [3.05, 3.63) is 29.6 Å². The Morgan fingerprint density at radius 2 is 2.36 bits per heavy atom. The number of aryl methyl sites for hydroxylation is 1. The second-order valence-electron chi connectivity index (χ2n) is 3.27. The number of aliphatic hydroxyl groups is 2. The Morgan fingerprint density at radius 1 is 1.57 bits per heavy atom. The van der Waals surface area contributed by atoms with Gasteiger partial charge in [0.2, 0.25) is 0 Å². The van der Waals surface area contributed by atoms with E-state index in [-0.39, 0.29) is 6.61 Å². The molecule has 1 unspecified atom stereocenters. The van der Waals surface area contributed by atoms with Crippen LogP contribution in [0.15, 0.2) is 18.5 Å². The third-order valence-corrected chi connectivity index (χ3v) is 2.04. The van der Waals surface area contributed by atoms with Crippen LogP contribution in [0.3, 0.4) is 0 Å². The van der Waals surface area contributed by atoms with E-state index >= 15 is 0 Å². The van der Waals surface area contributed by atoms with Gasteiger partial charge in [0.25, 0.3) is 0 Å². The number of rotatable bonds is 5. The van der Waals surface area contributed by atoms with E-state index in [0.717, 1.165) is 11.1 Å². The molecule has 3 N–H and O–H groups in total. The van der Waals surface area contributed by atoms with Crippen LogP contribution in [-0.4, -0.2) is 34.5 Å². The number of hydrogen-bond acceptors (Lipinski definition) is 4. The van der Waals surface area contributed by atoms with Crippen molar-refractivity contribution in [1.29, 1.82) is 0 Å². The summed E-state index contributed by atoms with van der Waals surface area (Å²) >= 11 is 0. The molecule has 0 aliphatic rings. The first kappa shape index (κ1) is 11.1. The SMILES string of the molecule is Cc1cnccc1CNCC(O)CO. The largest absolute Gasteiger partial charge is 0.394 e. The third kappa shape index (κ3) is 3.41. The van der Waals surface area contributed by atoms with Crippen molar-refractivity contribution in [2.45, 2.75) is 19.6 Å². The molecule has 0 aliphatic heterocycles. The van der Waals surface area contributed by atoms with Gasteiger partial charge in [-0.3, -0.25) is 4.98 Å². The van der Waals surface area contributed by atoms with E-state index in [1.165, 1.54) is 0 Å². The fourth-order valence-corrected chi connectivity index (χ4v) is 1.14. The monoisotopic (exact) mass is 196 g/mol. The molecule has 0 spiro atoms. The zero-order valence-electron chi connectivity index (χ0n) is 8.27. The summed E-state index contributed by atoms with van der Waals surface area (Å²) in [6, 6.07) is 1.94. The second kappa shape index (κ2) is 5.70. The van der Waals surface area contributed by atoms with Crippen molar-refractivity contribution < 1.29 is 10.2 Å². The molecular formula is C10H16N2O2. The van der Waals surface area contributed by atoms with Crippen molar-refractivity contribution >= 4 is 0 Å². The van der Waals surface area contributed by atoms with Crippen LogP contribution in [0.2, 0.25) is 0 Å². The Morgan fingerprint density at radius 3 is 3.00 bits per heavy atom. The first-order valence-electron chi connectivity index (χ1n) is 4.63. The van der Waals surface area contributed by atoms with Crippen LogP contribution in [0.25, 0.3) is 0 Å². The first-order valence-corrected chi connectivity index (χ1v) is 4.63. The number of aromatic nitrogens is 1. The summed E-state index contributed by atoms with van der Waals surface area (Å²) in [6.07, 6.45) is 2.86. The highest BCUT2D eigenvalue weighted by Gasteiger charge is 2.01. The summed E-state index contributed by atoms with van der Waals surface area (Å²) in [6.45, 7) is 2.87. The fourth-order valence-electron chi connectivity index (χ4n) is 1.14. The molecule has 1 heterocycles. The maximum Gasteiger partial charge on any atom is 0.0895 e. The quantitative estimate of drug-likeness (QED) is 0.612. The molecule has 1 rings (SSSR count). The van der Waals surface area contributed by atoms with Gasteiger partial charge in [-0.1, -0.05) is 0 Å². The predicted molar refractivity (Wildman–Crippen MR) is 53.8 cm³/mol. The molecule has 1 aromatic rings. The maximum atomic E-state index is 9.08. The molecule has 0 bridgehead atoms. The van der Waals surface area contributed by atoms with Crippen LogP contribution >= 0.6 is 0 Å². The van der Waals surface area contributed by atoms with Crippen molar-refractivity contribution in [3.63, 3.8) is 0 Å². The minimum Gasteiger partial charge on any atom is -0.394 e. The highest BCUT2D eigenvalue weighted by molar-refractivity contribution is 5.21. The fraction of sp³-hybridized carbons (Fsp3) is 0.500. The topological polar surface area (TPSA) is 65.4 Å². The molecule has 0 fully saturated rings. The summed E-state index contributed by atoms with van der Waals surface area (Å²) in [5, 5.41) is 20.7. The lowest BCUT2D eigenvalue weighted by molar-refractivity contribution is 0.0942. The number of hydrogen-bond donors (Lipinski definition) is 3. The number of nitrogens with zero attached hydrogens (tertiary/aromatic N) is 1. The highest BCUT2D eigenvalue weighted by Crippen LogP contribution is 2.03. The smallest absolute Gasteiger partial charge is 0.0895 e. The normalized spacial score (nSPS) is 12.8. The average molecular weight is 196 g/mol. The van der Waals surface area contributed by atoms with Crippen LogP contribution in [0.1, 0.15) is 11.1 Å². The molecule has 0 aliphatic carbocycles. The van der Waals surface area contributed by atoms with Gasteiger partial charge in [-0.25, -0.2) is 0 Å². The van der Waals surface area contributed by atoms with Gasteiger partial charge in [-0.15, -0.1) is 0 Å². The Balaban J connectivity index is 2.35. The molecule has 0 aromatic carbocycles. The van der Waals surface area contributed by atoms with Crippen molar-refractivity contribution in [2.24, 2.45) is 0 Å². The highest BCUT2D eigenvalue weighted by atomic mass is 16.3. The van der Waals surface area contributed by atoms with Crippen LogP contribution < -0.4 is 5.32 Å². The summed E-state index contributed by atoms with van der Waals surface area (Å²) in [5.41, 5.74) is 2.28. The Bertz CT molecular complexity index is 279. The third-order valence-electron chi connectivity index (χ3n) is 2.04. The molecule has 1 atom stereocenters. The van der Waals surface area contributed by atoms with Gasteiger partial charge in [-0.05, 0) is 24.1 Å². The molecule has 14 heavy (non-hydrogen) atoms. The lowest BCUT2D eigenvalue weighted by Gasteiger charge is -2.09. The molecular weight excluding hydrogens is 180 g/mol. The van der Waals surface area contributed by atoms with Gasteiger partial charge >= 0.3 is 0 Å². The van der Waals surface area contributed by atoms with E-state index in [4.69, 9.17) is 10.2 Å². The van der Waals surface area contributed by atoms with Gasteiger partial charge in [0.05, 0.1) is 12.7 Å². The molecule has 0 saturated heterocycles. The number of nitrogens with one attached hydrogen (secondary N) is 1. The van der Waals surface area contributed by atoms with E-state index < -0.39 is 6.10 Å². The van der Waals surface area contributed by atoms with Gasteiger partial charge in [0.1, 0.15) is 0 Å². The minimum atomic E-state index is -0.683. The minimum absolute atomic E-state index is 0.206. The number of pyridine rings is 1. The summed E-state index contributed by atoms with van der Waals surface area (Å²) < 4.78 is 0. The summed E-state index contributed by atoms with van der Waals surface area (Å²) in [5.74, 6) is 0. The van der Waals surface area contributed by atoms with E-state index in [1.807, 2.05) is 13.0 Å². The molecule has 1 aromatic heterocycles. The Kier molecular flexibility index (Phi) is 4.52. The van der Waals surface area contributed by atoms with Crippen LogP contribution in [0.4, 0.5) is 0 Å². The van der Waals surface area contributed by atoms with E-state index in [0.29, 0.717) is 13.1 Å². The van der Waals surface area contributed by atoms with Crippen LogP contribution in [0, 0.1) is 6.92 Å². The van der Waals surface area contributed by atoms with Gasteiger partial charge in [0.15, 0.2) is 0 Å². The average Bonchev–Trinajstić information content (AvgIpc) is 2.20. The van der Waals surface area contributed by atoms with Gasteiger partial charge < -0.3 is 15.5 Å². The molecule has 78 valence electrons. The second-order valence-corrected chi connectivity index (χ2v) is 3.27. The Hall–Kier alpha value is -0.970. The molecule has 0 amide bonds. The predicted octanol–water partition coefficient (Wildman–Crippen LogP) is -0.167. The zero-order chi connectivity index (χ0) is 10.4. The van der Waals surface area contributed by atoms with E-state index in [2.05, 4.69) is 10.3 Å². The molecule has 0 radical (unpaired) electrons. The van der Waals surface area contributed by atoms with E-state index in [1.54, 1.807) is 12.4 Å². The molecule has 4 nitrogen and oxygen atoms in total. The lowest BCUT2D eigenvalue weighted by Crippen LogP contribution is -2.29. The van der Waals surface area contributed by atoms with Gasteiger partial charge in [-0.2, -0.15) is 0 Å². The zero-order valence-corrected chi connectivity index (χ0v) is 8.27. The van der Waals surface area contributed by atoms with E-state index in [9.17, 15) is 0 Å². The Labute approximate surface area is 83.6 Å². The van der Waals surface area contributed by atoms with Crippen molar-refractivity contribution in [2.75, 3.05) is 13.2 Å². The van der Waals surface area contributed by atoms with Crippen LogP contribution in [-0.2, 0) is 6.54 Å². The summed E-state index contributed by atoms with van der Waals surface area (Å²) in [7, 11) is 0.